The van der Waals surface area contributed by atoms with Crippen LogP contribution >= 0.6 is 11.6 Å². The minimum absolute atomic E-state index is 0.0649. The van der Waals surface area contributed by atoms with Crippen molar-refractivity contribution in [3.63, 3.8) is 0 Å². The fourth-order valence-corrected chi connectivity index (χ4v) is 4.12. The number of rotatable bonds is 3. The topological polar surface area (TPSA) is 59.8 Å². The summed E-state index contributed by atoms with van der Waals surface area (Å²) in [6, 6.07) is 16.7. The number of carbonyl (C=O) groups is 1. The van der Waals surface area contributed by atoms with E-state index in [1.807, 2.05) is 0 Å². The first-order valence-corrected chi connectivity index (χ1v) is 9.85. The maximum Gasteiger partial charge on any atom is 0.295 e. The molecule has 0 fully saturated rings. The highest BCUT2D eigenvalue weighted by molar-refractivity contribution is 6.31. The van der Waals surface area contributed by atoms with Gasteiger partial charge in [0.2, 0.25) is 5.76 Å². The van der Waals surface area contributed by atoms with Crippen LogP contribution < -0.4 is 15.1 Å². The highest BCUT2D eigenvalue weighted by Gasteiger charge is 2.43. The molecule has 0 radical (unpaired) electrons. The molecule has 1 aliphatic heterocycles. The highest BCUT2D eigenvalue weighted by atomic mass is 35.5. The first-order valence-electron chi connectivity index (χ1n) is 9.47. The molecule has 1 aromatic heterocycles. The van der Waals surface area contributed by atoms with Crippen LogP contribution in [0.15, 0.2) is 75.9 Å². The number of amides is 1. The zero-order chi connectivity index (χ0) is 21.7. The van der Waals surface area contributed by atoms with E-state index in [-0.39, 0.29) is 22.3 Å². The summed E-state index contributed by atoms with van der Waals surface area (Å²) in [5, 5.41) is 0.527. The average Bonchev–Trinajstić information content (AvgIpc) is 3.07. The van der Waals surface area contributed by atoms with Crippen LogP contribution in [-0.4, -0.2) is 13.0 Å². The molecule has 31 heavy (non-hydrogen) atoms. The van der Waals surface area contributed by atoms with Crippen molar-refractivity contribution in [1.29, 1.82) is 0 Å². The average molecular weight is 436 g/mol. The van der Waals surface area contributed by atoms with Gasteiger partial charge in [-0.05, 0) is 54.1 Å². The molecule has 2 heterocycles. The van der Waals surface area contributed by atoms with Gasteiger partial charge in [0.05, 0.1) is 24.1 Å². The summed E-state index contributed by atoms with van der Waals surface area (Å²) in [6.45, 7) is 0. The lowest BCUT2D eigenvalue weighted by molar-refractivity contribution is 0.0971. The Morgan fingerprint density at radius 1 is 1.03 bits per heavy atom. The maximum absolute atomic E-state index is 13.8. The molecule has 5 rings (SSSR count). The molecule has 0 saturated carbocycles. The first-order chi connectivity index (χ1) is 15.0. The Morgan fingerprint density at radius 2 is 1.81 bits per heavy atom. The van der Waals surface area contributed by atoms with Gasteiger partial charge in [-0.1, -0.05) is 29.8 Å². The lowest BCUT2D eigenvalue weighted by Gasteiger charge is -2.25. The SMILES string of the molecule is COc1ccc(C2c3c(oc4ccc(F)cc4c3=O)C(=O)N2c2cccc(Cl)c2)cc1. The number of hydrogen-bond donors (Lipinski definition) is 0. The second-order valence-electron chi connectivity index (χ2n) is 7.15. The number of methoxy groups -OCH3 is 1. The molecule has 7 heteroatoms. The van der Waals surface area contributed by atoms with Gasteiger partial charge in [-0.3, -0.25) is 14.5 Å². The molecule has 154 valence electrons. The van der Waals surface area contributed by atoms with E-state index < -0.39 is 23.2 Å². The molecule has 0 aliphatic carbocycles. The number of carbonyl (C=O) groups excluding carboxylic acids is 1. The van der Waals surface area contributed by atoms with Crippen molar-refractivity contribution in [3.8, 4) is 5.75 Å². The molecular formula is C24H15ClFNO4. The van der Waals surface area contributed by atoms with Crippen molar-refractivity contribution in [1.82, 2.24) is 0 Å². The van der Waals surface area contributed by atoms with E-state index in [2.05, 4.69) is 0 Å². The second kappa shape index (κ2) is 7.25. The van der Waals surface area contributed by atoms with Gasteiger partial charge in [-0.15, -0.1) is 0 Å². The van der Waals surface area contributed by atoms with Crippen LogP contribution in [0.5, 0.6) is 5.75 Å². The highest BCUT2D eigenvalue weighted by Crippen LogP contribution is 2.42. The largest absolute Gasteiger partial charge is 0.497 e. The van der Waals surface area contributed by atoms with Gasteiger partial charge in [0.15, 0.2) is 5.43 Å². The van der Waals surface area contributed by atoms with Crippen LogP contribution in [0.1, 0.15) is 27.7 Å². The number of ether oxygens (including phenoxy) is 1. The molecule has 1 atom stereocenters. The number of benzene rings is 3. The van der Waals surface area contributed by atoms with Crippen LogP contribution in [0.3, 0.4) is 0 Å². The molecule has 1 aliphatic rings. The van der Waals surface area contributed by atoms with Gasteiger partial charge in [0.1, 0.15) is 17.1 Å². The van der Waals surface area contributed by atoms with Crippen LogP contribution in [0.25, 0.3) is 11.0 Å². The second-order valence-corrected chi connectivity index (χ2v) is 7.58. The van der Waals surface area contributed by atoms with E-state index in [9.17, 15) is 14.0 Å². The van der Waals surface area contributed by atoms with Crippen molar-refractivity contribution in [3.05, 3.63) is 105 Å². The molecule has 1 unspecified atom stereocenters. The number of fused-ring (bicyclic) bond motifs is 2. The van der Waals surface area contributed by atoms with Crippen LogP contribution in [-0.2, 0) is 0 Å². The summed E-state index contributed by atoms with van der Waals surface area (Å²) < 4.78 is 24.9. The standard InChI is InChI=1S/C24H15ClFNO4/c1-30-17-8-5-13(6-9-17)21-20-22(28)18-12-15(26)7-10-19(18)31-23(20)24(29)27(21)16-4-2-3-14(25)11-16/h2-12,21H,1H3. The smallest absolute Gasteiger partial charge is 0.295 e. The maximum atomic E-state index is 13.8. The molecule has 0 spiro atoms. The Balaban J connectivity index is 1.80. The van der Waals surface area contributed by atoms with Crippen LogP contribution in [0, 0.1) is 5.82 Å². The predicted molar refractivity (Wildman–Crippen MR) is 116 cm³/mol. The van der Waals surface area contributed by atoms with Crippen molar-refractivity contribution >= 4 is 34.2 Å². The van der Waals surface area contributed by atoms with Gasteiger partial charge in [-0.25, -0.2) is 4.39 Å². The van der Waals surface area contributed by atoms with Gasteiger partial charge in [0, 0.05) is 10.7 Å². The third-order valence-electron chi connectivity index (χ3n) is 5.35. The van der Waals surface area contributed by atoms with E-state index in [1.165, 1.54) is 17.0 Å². The summed E-state index contributed by atoms with van der Waals surface area (Å²) in [7, 11) is 1.55. The lowest BCUT2D eigenvalue weighted by atomic mass is 9.98. The Morgan fingerprint density at radius 3 is 2.52 bits per heavy atom. The van der Waals surface area contributed by atoms with Gasteiger partial charge in [-0.2, -0.15) is 0 Å². The minimum atomic E-state index is -0.768. The Labute approximate surface area is 181 Å². The molecule has 4 aromatic rings. The zero-order valence-corrected chi connectivity index (χ0v) is 17.0. The lowest BCUT2D eigenvalue weighted by Crippen LogP contribution is -2.29. The predicted octanol–water partition coefficient (Wildman–Crippen LogP) is 5.34. The Kier molecular flexibility index (Phi) is 4.52. The van der Waals surface area contributed by atoms with Crippen LogP contribution in [0.2, 0.25) is 5.02 Å². The quantitative estimate of drug-likeness (QED) is 0.435. The fourth-order valence-electron chi connectivity index (χ4n) is 3.94. The number of hydrogen-bond acceptors (Lipinski definition) is 4. The Hall–Kier alpha value is -3.64. The molecule has 0 N–H and O–H groups in total. The summed E-state index contributed by atoms with van der Waals surface area (Å²) in [4.78, 5) is 28.3. The number of nitrogens with zero attached hydrogens (tertiary/aromatic N) is 1. The summed E-state index contributed by atoms with van der Waals surface area (Å²) in [6.07, 6.45) is 0. The van der Waals surface area contributed by atoms with Gasteiger partial charge < -0.3 is 9.15 Å². The van der Waals surface area contributed by atoms with Crippen molar-refractivity contribution < 1.29 is 18.3 Å². The third kappa shape index (κ3) is 3.07. The monoisotopic (exact) mass is 435 g/mol. The third-order valence-corrected chi connectivity index (χ3v) is 5.59. The Bertz CT molecular complexity index is 1400. The van der Waals surface area contributed by atoms with E-state index in [0.29, 0.717) is 22.0 Å². The summed E-state index contributed by atoms with van der Waals surface area (Å²) in [5.41, 5.74) is 1.05. The van der Waals surface area contributed by atoms with Crippen molar-refractivity contribution in [2.24, 2.45) is 0 Å². The number of halogens is 2. The molecule has 3 aromatic carbocycles. The van der Waals surface area contributed by atoms with E-state index in [4.69, 9.17) is 20.8 Å². The van der Waals surface area contributed by atoms with E-state index in [0.717, 1.165) is 6.07 Å². The summed E-state index contributed by atoms with van der Waals surface area (Å²) >= 11 is 6.17. The van der Waals surface area contributed by atoms with Crippen molar-refractivity contribution in [2.75, 3.05) is 12.0 Å². The van der Waals surface area contributed by atoms with Gasteiger partial charge in [0.25, 0.3) is 5.91 Å². The molecule has 1 amide bonds. The van der Waals surface area contributed by atoms with Gasteiger partial charge >= 0.3 is 0 Å². The first kappa shape index (κ1) is 19.3. The fraction of sp³-hybridized carbons (Fsp3) is 0.0833. The number of anilines is 1. The summed E-state index contributed by atoms with van der Waals surface area (Å²) in [5.74, 6) is -0.460. The molecule has 5 nitrogen and oxygen atoms in total. The normalized spacial score (nSPS) is 15.4. The molecular weight excluding hydrogens is 421 g/mol. The van der Waals surface area contributed by atoms with E-state index >= 15 is 0 Å². The van der Waals surface area contributed by atoms with Crippen molar-refractivity contribution in [2.45, 2.75) is 6.04 Å². The molecule has 0 saturated heterocycles. The zero-order valence-electron chi connectivity index (χ0n) is 16.3. The van der Waals surface area contributed by atoms with Crippen LogP contribution in [0.4, 0.5) is 10.1 Å². The van der Waals surface area contributed by atoms with E-state index in [1.54, 1.807) is 55.6 Å². The minimum Gasteiger partial charge on any atom is -0.497 e. The molecule has 0 bridgehead atoms.